The average Bonchev–Trinajstić information content (AvgIpc) is 3.61. The van der Waals surface area contributed by atoms with Crippen LogP contribution in [0.2, 0.25) is 0 Å². The van der Waals surface area contributed by atoms with E-state index in [4.69, 9.17) is 14.2 Å². The molecule has 1 unspecified atom stereocenters. The number of carbonyl (C=O) groups excluding carboxylic acids is 4. The van der Waals surface area contributed by atoms with E-state index in [1.807, 2.05) is 0 Å². The largest absolute Gasteiger partial charge is 0.494 e. The first-order chi connectivity index (χ1) is 17.2. The van der Waals surface area contributed by atoms with Crippen LogP contribution in [-0.2, 0) is 19.1 Å². The van der Waals surface area contributed by atoms with Crippen LogP contribution in [0, 0.1) is 0 Å². The van der Waals surface area contributed by atoms with Crippen molar-refractivity contribution in [3.8, 4) is 22.8 Å². The monoisotopic (exact) mass is 600 g/mol. The second-order valence-electron chi connectivity index (χ2n) is 6.99. The van der Waals surface area contributed by atoms with Gasteiger partial charge in [-0.25, -0.2) is 14.3 Å². The molecular formula is C21H21BrN4O8S2. The van der Waals surface area contributed by atoms with E-state index < -0.39 is 17.9 Å². The number of carbonyl (C=O) groups is 4. The van der Waals surface area contributed by atoms with E-state index in [0.29, 0.717) is 38.9 Å². The molecule has 36 heavy (non-hydrogen) atoms. The normalized spacial score (nSPS) is 14.9. The molecule has 3 aromatic rings. The quantitative estimate of drug-likeness (QED) is 0.330. The molecule has 1 N–H and O–H groups in total. The minimum atomic E-state index is -0.589. The van der Waals surface area contributed by atoms with Crippen LogP contribution in [0.15, 0.2) is 21.4 Å². The van der Waals surface area contributed by atoms with Crippen molar-refractivity contribution in [3.63, 3.8) is 0 Å². The Kier molecular flexibility index (Phi) is 9.17. The molecule has 1 fully saturated rings. The van der Waals surface area contributed by atoms with Gasteiger partial charge in [-0.3, -0.25) is 14.9 Å². The number of rotatable bonds is 6. The van der Waals surface area contributed by atoms with Gasteiger partial charge in [0.2, 0.25) is 5.91 Å². The minimum Gasteiger partial charge on any atom is -0.494 e. The lowest BCUT2D eigenvalue weighted by Gasteiger charge is -2.20. The topological polar surface area (TPSA) is 148 Å². The van der Waals surface area contributed by atoms with Crippen molar-refractivity contribution in [3.05, 3.63) is 31.2 Å². The zero-order chi connectivity index (χ0) is 26.4. The highest BCUT2D eigenvalue weighted by molar-refractivity contribution is 9.10. The van der Waals surface area contributed by atoms with E-state index in [0.717, 1.165) is 4.47 Å². The minimum absolute atomic E-state index is 0.250. The summed E-state index contributed by atoms with van der Waals surface area (Å²) in [5.41, 5.74) is 1.05. The first-order valence-electron chi connectivity index (χ1n) is 10.1. The third-order valence-electron chi connectivity index (χ3n) is 4.91. The third-order valence-corrected chi connectivity index (χ3v) is 7.69. The van der Waals surface area contributed by atoms with Gasteiger partial charge < -0.3 is 18.9 Å². The standard InChI is InChI=1S/C14H14N4O5S.C7H7BrO3S/c1-22-11-7(6-24-12(11)14(21)23-2)8-5-18(17-16-8)9-3-4-10(19)15-13(9)20;1-10-5-4(8)3-12-6(5)7(9)11-2/h5-6,9H,3-4H2,1-2H3,(H,15,19,20);3H,1-2H3. The zero-order valence-corrected chi connectivity index (χ0v) is 22.7. The maximum atomic E-state index is 11.9. The summed E-state index contributed by atoms with van der Waals surface area (Å²) in [6.07, 6.45) is 2.20. The maximum absolute atomic E-state index is 11.9. The number of hydrogen-bond acceptors (Lipinski definition) is 12. The number of amides is 2. The summed E-state index contributed by atoms with van der Waals surface area (Å²) >= 11 is 5.71. The van der Waals surface area contributed by atoms with E-state index in [-0.39, 0.29) is 18.3 Å². The number of esters is 2. The molecule has 4 rings (SSSR count). The Balaban J connectivity index is 0.000000253. The molecule has 15 heteroatoms. The number of methoxy groups -OCH3 is 4. The Morgan fingerprint density at radius 3 is 2.22 bits per heavy atom. The van der Waals surface area contributed by atoms with Gasteiger partial charge in [-0.05, 0) is 22.4 Å². The number of piperidine rings is 1. The predicted molar refractivity (Wildman–Crippen MR) is 133 cm³/mol. The van der Waals surface area contributed by atoms with Gasteiger partial charge >= 0.3 is 11.9 Å². The number of aromatic nitrogens is 3. The SMILES string of the molecule is COC(=O)c1scc(-c2cn(C3CCC(=O)NC3=O)nn2)c1OC.COC(=O)c1scc(Br)c1OC. The molecule has 0 saturated carbocycles. The number of imide groups is 1. The lowest BCUT2D eigenvalue weighted by molar-refractivity contribution is -0.136. The molecule has 0 radical (unpaired) electrons. The van der Waals surface area contributed by atoms with Crippen LogP contribution in [-0.4, -0.2) is 67.2 Å². The Morgan fingerprint density at radius 1 is 1.03 bits per heavy atom. The predicted octanol–water partition coefficient (Wildman–Crippen LogP) is 3.09. The van der Waals surface area contributed by atoms with Crippen molar-refractivity contribution in [2.75, 3.05) is 28.4 Å². The summed E-state index contributed by atoms with van der Waals surface area (Å²) in [5, 5.41) is 13.8. The molecule has 3 aromatic heterocycles. The number of nitrogens with zero attached hydrogens (tertiary/aromatic N) is 3. The molecule has 1 aliphatic heterocycles. The zero-order valence-electron chi connectivity index (χ0n) is 19.5. The summed E-state index contributed by atoms with van der Waals surface area (Å²) in [6, 6.07) is -0.589. The number of nitrogens with one attached hydrogen (secondary N) is 1. The lowest BCUT2D eigenvalue weighted by atomic mass is 10.1. The first kappa shape index (κ1) is 27.3. The van der Waals surface area contributed by atoms with Crippen LogP contribution in [0.5, 0.6) is 11.5 Å². The van der Waals surface area contributed by atoms with Gasteiger partial charge in [0.25, 0.3) is 5.91 Å². The fourth-order valence-corrected chi connectivity index (χ4v) is 5.72. The van der Waals surface area contributed by atoms with Crippen molar-refractivity contribution in [2.45, 2.75) is 18.9 Å². The van der Waals surface area contributed by atoms with Gasteiger partial charge in [0.1, 0.15) is 11.7 Å². The van der Waals surface area contributed by atoms with E-state index in [1.165, 1.54) is 55.8 Å². The Labute approximate surface area is 221 Å². The number of halogens is 1. The summed E-state index contributed by atoms with van der Waals surface area (Å²) in [5.74, 6) is -0.689. The van der Waals surface area contributed by atoms with Crippen molar-refractivity contribution in [1.29, 1.82) is 0 Å². The lowest BCUT2D eigenvalue weighted by Crippen LogP contribution is -2.41. The van der Waals surface area contributed by atoms with E-state index >= 15 is 0 Å². The van der Waals surface area contributed by atoms with Crippen molar-refractivity contribution < 1.29 is 38.1 Å². The van der Waals surface area contributed by atoms with Crippen molar-refractivity contribution in [1.82, 2.24) is 20.3 Å². The number of hydrogen-bond donors (Lipinski definition) is 1. The van der Waals surface area contributed by atoms with Gasteiger partial charge in [-0.15, -0.1) is 27.8 Å². The molecule has 0 aromatic carbocycles. The molecule has 0 aliphatic carbocycles. The van der Waals surface area contributed by atoms with Gasteiger partial charge in [-0.2, -0.15) is 0 Å². The van der Waals surface area contributed by atoms with Crippen LogP contribution < -0.4 is 14.8 Å². The van der Waals surface area contributed by atoms with Crippen LogP contribution in [0.25, 0.3) is 11.3 Å². The van der Waals surface area contributed by atoms with Crippen LogP contribution >= 0.6 is 38.6 Å². The Bertz CT molecular complexity index is 1280. The molecule has 0 spiro atoms. The molecule has 1 atom stereocenters. The number of thiophene rings is 2. The molecule has 1 aliphatic rings. The highest BCUT2D eigenvalue weighted by atomic mass is 79.9. The average molecular weight is 601 g/mol. The molecule has 1 saturated heterocycles. The Hall–Kier alpha value is -3.30. The van der Waals surface area contributed by atoms with E-state index in [9.17, 15) is 19.2 Å². The Morgan fingerprint density at radius 2 is 1.64 bits per heavy atom. The summed E-state index contributed by atoms with van der Waals surface area (Å²) in [6.45, 7) is 0. The van der Waals surface area contributed by atoms with Crippen LogP contribution in [0.1, 0.15) is 38.2 Å². The molecule has 12 nitrogen and oxygen atoms in total. The molecular weight excluding hydrogens is 580 g/mol. The first-order valence-corrected chi connectivity index (χ1v) is 12.7. The second-order valence-corrected chi connectivity index (χ2v) is 9.61. The summed E-state index contributed by atoms with van der Waals surface area (Å²) < 4.78 is 21.8. The van der Waals surface area contributed by atoms with E-state index in [2.05, 4.69) is 36.3 Å². The van der Waals surface area contributed by atoms with Gasteiger partial charge in [0.05, 0.1) is 44.7 Å². The smallest absolute Gasteiger partial charge is 0.351 e. The fraction of sp³-hybridized carbons (Fsp3) is 0.333. The highest BCUT2D eigenvalue weighted by Gasteiger charge is 2.30. The fourth-order valence-electron chi connectivity index (χ4n) is 3.20. The second kappa shape index (κ2) is 12.1. The van der Waals surface area contributed by atoms with Gasteiger partial charge in [-0.1, -0.05) is 5.21 Å². The van der Waals surface area contributed by atoms with Gasteiger partial charge in [0, 0.05) is 17.2 Å². The van der Waals surface area contributed by atoms with Crippen molar-refractivity contribution >= 4 is 62.4 Å². The molecule has 4 heterocycles. The van der Waals surface area contributed by atoms with Crippen LogP contribution in [0.3, 0.4) is 0 Å². The molecule has 0 bridgehead atoms. The summed E-state index contributed by atoms with van der Waals surface area (Å²) in [7, 11) is 5.59. The third kappa shape index (κ3) is 5.74. The number of ether oxygens (including phenoxy) is 4. The molecule has 2 amide bonds. The van der Waals surface area contributed by atoms with E-state index in [1.54, 1.807) is 17.0 Å². The van der Waals surface area contributed by atoms with Crippen LogP contribution in [0.4, 0.5) is 0 Å². The van der Waals surface area contributed by atoms with Crippen molar-refractivity contribution in [2.24, 2.45) is 0 Å². The highest BCUT2D eigenvalue weighted by Crippen LogP contribution is 2.38. The van der Waals surface area contributed by atoms with Gasteiger partial charge in [0.15, 0.2) is 21.3 Å². The maximum Gasteiger partial charge on any atom is 0.351 e. The molecule has 192 valence electrons. The summed E-state index contributed by atoms with van der Waals surface area (Å²) in [4.78, 5) is 46.8.